The number of hydrogen-bond donors (Lipinski definition) is 0. The Hall–Kier alpha value is -1.49. The summed E-state index contributed by atoms with van der Waals surface area (Å²) in [5.74, 6) is 0.844. The predicted octanol–water partition coefficient (Wildman–Crippen LogP) is 4.49. The molecule has 3 rings (SSSR count). The maximum absolute atomic E-state index is 13.2. The van der Waals surface area contributed by atoms with Crippen molar-refractivity contribution >= 4 is 23.6 Å². The summed E-state index contributed by atoms with van der Waals surface area (Å²) in [7, 11) is 0. The van der Waals surface area contributed by atoms with E-state index < -0.39 is 6.04 Å². The molecule has 26 heavy (non-hydrogen) atoms. The minimum absolute atomic E-state index is 0.0383. The second-order valence-corrected chi connectivity index (χ2v) is 8.39. The Kier molecular flexibility index (Phi) is 7.00. The fourth-order valence-electron chi connectivity index (χ4n) is 3.89. The van der Waals surface area contributed by atoms with Gasteiger partial charge in [-0.2, -0.15) is 0 Å². The van der Waals surface area contributed by atoms with E-state index in [-0.39, 0.29) is 17.3 Å². The first-order chi connectivity index (χ1) is 12.7. The first kappa shape index (κ1) is 19.3. The molecule has 2 fully saturated rings. The molecule has 1 amide bonds. The number of thioether (sulfide) groups is 1. The van der Waals surface area contributed by atoms with Crippen LogP contribution in [0.5, 0.6) is 0 Å². The molecule has 1 saturated carbocycles. The highest BCUT2D eigenvalue weighted by atomic mass is 32.2. The maximum Gasteiger partial charge on any atom is 0.329 e. The second kappa shape index (κ2) is 9.45. The van der Waals surface area contributed by atoms with Gasteiger partial charge in [-0.3, -0.25) is 4.79 Å². The van der Waals surface area contributed by atoms with Crippen molar-refractivity contribution in [2.45, 2.75) is 63.3 Å². The Labute approximate surface area is 160 Å². The van der Waals surface area contributed by atoms with Crippen molar-refractivity contribution < 1.29 is 14.3 Å². The standard InChI is InChI=1S/C21H29NO3S/c1-2-3-14-25-21(24)18-15-26-20(17-12-8-5-9-13-17)22(18)19(23)16-10-6-4-7-11-16/h4,6-7,10-11,17-18,20H,2-3,5,8-9,12-15H2,1H3. The lowest BCUT2D eigenvalue weighted by Gasteiger charge is -2.35. The van der Waals surface area contributed by atoms with Gasteiger partial charge in [0.1, 0.15) is 6.04 Å². The molecular formula is C21H29NO3S. The van der Waals surface area contributed by atoms with Gasteiger partial charge in [-0.25, -0.2) is 4.79 Å². The average molecular weight is 376 g/mol. The Morgan fingerprint density at radius 1 is 1.15 bits per heavy atom. The molecule has 142 valence electrons. The van der Waals surface area contributed by atoms with Gasteiger partial charge in [-0.05, 0) is 37.3 Å². The van der Waals surface area contributed by atoms with Crippen LogP contribution in [-0.2, 0) is 9.53 Å². The fraction of sp³-hybridized carbons (Fsp3) is 0.619. The molecule has 1 saturated heterocycles. The summed E-state index contributed by atoms with van der Waals surface area (Å²) in [6.07, 6.45) is 7.88. The van der Waals surface area contributed by atoms with Crippen LogP contribution < -0.4 is 0 Å². The van der Waals surface area contributed by atoms with Crippen molar-refractivity contribution in [1.82, 2.24) is 4.90 Å². The molecule has 1 aliphatic carbocycles. The molecule has 2 atom stereocenters. The number of carbonyl (C=O) groups excluding carboxylic acids is 2. The van der Waals surface area contributed by atoms with Gasteiger partial charge >= 0.3 is 5.97 Å². The van der Waals surface area contributed by atoms with Gasteiger partial charge in [0.25, 0.3) is 5.91 Å². The highest BCUT2D eigenvalue weighted by Gasteiger charge is 2.45. The minimum Gasteiger partial charge on any atom is -0.464 e. The molecule has 2 unspecified atom stereocenters. The third-order valence-electron chi connectivity index (χ3n) is 5.36. The lowest BCUT2D eigenvalue weighted by Crippen LogP contribution is -2.48. The monoisotopic (exact) mass is 375 g/mol. The molecule has 0 radical (unpaired) electrons. The average Bonchev–Trinajstić information content (AvgIpc) is 3.14. The largest absolute Gasteiger partial charge is 0.464 e. The van der Waals surface area contributed by atoms with Crippen molar-refractivity contribution in [2.75, 3.05) is 12.4 Å². The van der Waals surface area contributed by atoms with Crippen LogP contribution >= 0.6 is 11.8 Å². The van der Waals surface area contributed by atoms with E-state index in [1.807, 2.05) is 35.2 Å². The summed E-state index contributed by atoms with van der Waals surface area (Å²) >= 11 is 1.76. The van der Waals surface area contributed by atoms with E-state index in [1.165, 1.54) is 19.3 Å². The molecule has 1 aromatic rings. The predicted molar refractivity (Wildman–Crippen MR) is 105 cm³/mol. The lowest BCUT2D eigenvalue weighted by atomic mass is 9.88. The second-order valence-electron chi connectivity index (χ2n) is 7.24. The summed E-state index contributed by atoms with van der Waals surface area (Å²) in [6, 6.07) is 8.87. The van der Waals surface area contributed by atoms with Crippen molar-refractivity contribution in [2.24, 2.45) is 5.92 Å². The van der Waals surface area contributed by atoms with E-state index in [0.29, 0.717) is 23.8 Å². The molecule has 0 spiro atoms. The van der Waals surface area contributed by atoms with Crippen molar-refractivity contribution in [1.29, 1.82) is 0 Å². The zero-order valence-electron chi connectivity index (χ0n) is 15.6. The van der Waals surface area contributed by atoms with Crippen LogP contribution in [0.25, 0.3) is 0 Å². The normalized spacial score (nSPS) is 23.8. The van der Waals surface area contributed by atoms with Gasteiger partial charge in [-0.1, -0.05) is 50.8 Å². The Morgan fingerprint density at radius 2 is 1.88 bits per heavy atom. The van der Waals surface area contributed by atoms with Crippen LogP contribution in [0.15, 0.2) is 30.3 Å². The number of ether oxygens (including phenoxy) is 1. The van der Waals surface area contributed by atoms with Gasteiger partial charge in [0.2, 0.25) is 0 Å². The summed E-state index contributed by atoms with van der Waals surface area (Å²) in [5, 5.41) is 0.0896. The first-order valence-corrected chi connectivity index (χ1v) is 10.9. The third kappa shape index (κ3) is 4.43. The van der Waals surface area contributed by atoms with E-state index >= 15 is 0 Å². The molecule has 0 N–H and O–H groups in total. The molecular weight excluding hydrogens is 346 g/mol. The van der Waals surface area contributed by atoms with Gasteiger partial charge < -0.3 is 9.64 Å². The molecule has 4 nitrogen and oxygen atoms in total. The number of esters is 1. The molecule has 0 bridgehead atoms. The summed E-state index contributed by atoms with van der Waals surface area (Å²) in [5.41, 5.74) is 0.655. The quantitative estimate of drug-likeness (QED) is 0.543. The summed E-state index contributed by atoms with van der Waals surface area (Å²) in [4.78, 5) is 27.8. The molecule has 1 aliphatic heterocycles. The zero-order chi connectivity index (χ0) is 18.4. The summed E-state index contributed by atoms with van der Waals surface area (Å²) < 4.78 is 5.47. The van der Waals surface area contributed by atoms with Crippen molar-refractivity contribution in [3.63, 3.8) is 0 Å². The van der Waals surface area contributed by atoms with Crippen molar-refractivity contribution in [3.8, 4) is 0 Å². The number of benzene rings is 1. The van der Waals surface area contributed by atoms with E-state index in [0.717, 1.165) is 25.7 Å². The van der Waals surface area contributed by atoms with Crippen molar-refractivity contribution in [3.05, 3.63) is 35.9 Å². The van der Waals surface area contributed by atoms with E-state index in [4.69, 9.17) is 4.74 Å². The van der Waals surface area contributed by atoms with Crippen LogP contribution in [0.4, 0.5) is 0 Å². The number of amides is 1. The summed E-state index contributed by atoms with van der Waals surface area (Å²) in [6.45, 7) is 2.52. The minimum atomic E-state index is -0.462. The highest BCUT2D eigenvalue weighted by molar-refractivity contribution is 8.00. The molecule has 0 aromatic heterocycles. The molecule has 1 heterocycles. The topological polar surface area (TPSA) is 46.6 Å². The van der Waals surface area contributed by atoms with Crippen LogP contribution in [0.3, 0.4) is 0 Å². The Bertz CT molecular complexity index is 601. The number of hydrogen-bond acceptors (Lipinski definition) is 4. The van der Waals surface area contributed by atoms with E-state index in [2.05, 4.69) is 6.92 Å². The maximum atomic E-state index is 13.2. The van der Waals surface area contributed by atoms with Crippen LogP contribution in [0.2, 0.25) is 0 Å². The molecule has 1 aromatic carbocycles. The number of carbonyl (C=O) groups is 2. The highest BCUT2D eigenvalue weighted by Crippen LogP contribution is 2.41. The lowest BCUT2D eigenvalue weighted by molar-refractivity contribution is -0.148. The molecule has 5 heteroatoms. The fourth-order valence-corrected chi connectivity index (χ4v) is 5.52. The Morgan fingerprint density at radius 3 is 2.58 bits per heavy atom. The number of unbranched alkanes of at least 4 members (excludes halogenated alkanes) is 1. The zero-order valence-corrected chi connectivity index (χ0v) is 16.4. The third-order valence-corrected chi connectivity index (χ3v) is 6.82. The SMILES string of the molecule is CCCCOC(=O)C1CSC(C2CCCCC2)N1C(=O)c1ccccc1. The first-order valence-electron chi connectivity index (χ1n) is 9.88. The van der Waals surface area contributed by atoms with Crippen LogP contribution in [0.1, 0.15) is 62.2 Å². The Balaban J connectivity index is 1.79. The van der Waals surface area contributed by atoms with Gasteiger partial charge in [0.05, 0.1) is 12.0 Å². The van der Waals surface area contributed by atoms with E-state index in [9.17, 15) is 9.59 Å². The number of rotatable bonds is 6. The van der Waals surface area contributed by atoms with Gasteiger partial charge in [0.15, 0.2) is 0 Å². The smallest absolute Gasteiger partial charge is 0.329 e. The van der Waals surface area contributed by atoms with E-state index in [1.54, 1.807) is 11.8 Å². The van der Waals surface area contributed by atoms with Gasteiger partial charge in [-0.15, -0.1) is 11.8 Å². The number of nitrogens with zero attached hydrogens (tertiary/aromatic N) is 1. The van der Waals surface area contributed by atoms with Gasteiger partial charge in [0, 0.05) is 11.3 Å². The van der Waals surface area contributed by atoms with Crippen LogP contribution in [0, 0.1) is 5.92 Å². The molecule has 2 aliphatic rings. The van der Waals surface area contributed by atoms with Crippen LogP contribution in [-0.4, -0.2) is 40.6 Å².